The van der Waals surface area contributed by atoms with E-state index in [9.17, 15) is 0 Å². The third-order valence-corrected chi connectivity index (χ3v) is 4.43. The highest BCUT2D eigenvalue weighted by Gasteiger charge is 2.21. The Morgan fingerprint density at radius 3 is 2.48 bits per heavy atom. The van der Waals surface area contributed by atoms with E-state index in [0.29, 0.717) is 0 Å². The van der Waals surface area contributed by atoms with Crippen molar-refractivity contribution in [2.45, 2.75) is 32.4 Å². The van der Waals surface area contributed by atoms with E-state index in [1.54, 1.807) is 0 Å². The van der Waals surface area contributed by atoms with Crippen LogP contribution in [0.1, 0.15) is 30.6 Å². The molecule has 0 amide bonds. The molecule has 0 fully saturated rings. The van der Waals surface area contributed by atoms with Crippen LogP contribution in [0.25, 0.3) is 0 Å². The number of rotatable bonds is 5. The van der Waals surface area contributed by atoms with Gasteiger partial charge in [-0.3, -0.25) is 0 Å². The van der Waals surface area contributed by atoms with Gasteiger partial charge in [0.2, 0.25) is 0 Å². The number of aryl methyl sites for hydroxylation is 1. The molecule has 2 rings (SSSR count). The van der Waals surface area contributed by atoms with Crippen molar-refractivity contribution in [2.24, 2.45) is 5.73 Å². The molecule has 0 saturated carbocycles. The molecule has 2 aromatic carbocycles. The predicted molar refractivity (Wildman–Crippen MR) is 94.7 cm³/mol. The van der Waals surface area contributed by atoms with Gasteiger partial charge in [0.05, 0.1) is 0 Å². The van der Waals surface area contributed by atoms with Crippen LogP contribution in [0.5, 0.6) is 5.75 Å². The highest BCUT2D eigenvalue weighted by atomic mass is 79.9. The molecule has 21 heavy (non-hydrogen) atoms. The average Bonchev–Trinajstić information content (AvgIpc) is 2.47. The summed E-state index contributed by atoms with van der Waals surface area (Å²) in [4.78, 5) is 0. The summed E-state index contributed by atoms with van der Waals surface area (Å²) in [6, 6.07) is 14.1. The zero-order valence-corrected chi connectivity index (χ0v) is 15.3. The quantitative estimate of drug-likeness (QED) is 0.715. The van der Waals surface area contributed by atoms with E-state index in [4.69, 9.17) is 10.5 Å². The molecule has 0 heterocycles. The summed E-state index contributed by atoms with van der Waals surface area (Å²) in [6.07, 6.45) is 0.685. The molecule has 2 N–H and O–H groups in total. The molecule has 0 aromatic heterocycles. The second-order valence-corrected chi connectivity index (χ2v) is 6.91. The SMILES string of the molecule is CCC(N)C(Oc1cc(Br)ccc1C)c1cccc(Br)c1. The molecule has 0 bridgehead atoms. The largest absolute Gasteiger partial charge is 0.484 e. The Morgan fingerprint density at radius 2 is 1.81 bits per heavy atom. The van der Waals surface area contributed by atoms with Crippen molar-refractivity contribution in [3.63, 3.8) is 0 Å². The highest BCUT2D eigenvalue weighted by Crippen LogP contribution is 2.31. The number of hydrogen-bond acceptors (Lipinski definition) is 2. The van der Waals surface area contributed by atoms with E-state index < -0.39 is 0 Å². The number of ether oxygens (including phenoxy) is 1. The van der Waals surface area contributed by atoms with Crippen molar-refractivity contribution in [1.82, 2.24) is 0 Å². The van der Waals surface area contributed by atoms with Crippen LogP contribution in [0.15, 0.2) is 51.4 Å². The van der Waals surface area contributed by atoms with Crippen LogP contribution >= 0.6 is 31.9 Å². The second kappa shape index (κ2) is 7.43. The maximum absolute atomic E-state index is 6.28. The Balaban J connectivity index is 2.35. The van der Waals surface area contributed by atoms with Crippen LogP contribution in [0.3, 0.4) is 0 Å². The first-order valence-electron chi connectivity index (χ1n) is 6.95. The van der Waals surface area contributed by atoms with Gasteiger partial charge in [-0.05, 0) is 48.7 Å². The van der Waals surface area contributed by atoms with Gasteiger partial charge < -0.3 is 10.5 Å². The van der Waals surface area contributed by atoms with Crippen molar-refractivity contribution in [1.29, 1.82) is 0 Å². The molecule has 2 atom stereocenters. The van der Waals surface area contributed by atoms with Gasteiger partial charge in [0.1, 0.15) is 11.9 Å². The molecule has 0 aliphatic heterocycles. The minimum absolute atomic E-state index is 0.0577. The Bertz CT molecular complexity index is 615. The number of benzene rings is 2. The molecule has 2 aromatic rings. The normalized spacial score (nSPS) is 13.8. The van der Waals surface area contributed by atoms with Gasteiger partial charge in [-0.15, -0.1) is 0 Å². The van der Waals surface area contributed by atoms with Gasteiger partial charge in [-0.2, -0.15) is 0 Å². The fraction of sp³-hybridized carbons (Fsp3) is 0.294. The van der Waals surface area contributed by atoms with Gasteiger partial charge in [-0.25, -0.2) is 0 Å². The summed E-state index contributed by atoms with van der Waals surface area (Å²) in [6.45, 7) is 4.12. The molecule has 0 radical (unpaired) electrons. The van der Waals surface area contributed by atoms with Gasteiger partial charge in [0, 0.05) is 15.0 Å². The number of halogens is 2. The summed E-state index contributed by atoms with van der Waals surface area (Å²) in [5.74, 6) is 0.859. The van der Waals surface area contributed by atoms with Crippen LogP contribution in [-0.4, -0.2) is 6.04 Å². The fourth-order valence-electron chi connectivity index (χ4n) is 2.14. The summed E-state index contributed by atoms with van der Waals surface area (Å²) in [7, 11) is 0. The Hall–Kier alpha value is -0.840. The molecular formula is C17H19Br2NO. The van der Waals surface area contributed by atoms with Crippen LogP contribution < -0.4 is 10.5 Å². The Morgan fingerprint density at radius 1 is 1.10 bits per heavy atom. The highest BCUT2D eigenvalue weighted by molar-refractivity contribution is 9.10. The Labute approximate surface area is 143 Å². The van der Waals surface area contributed by atoms with Crippen LogP contribution in [0.4, 0.5) is 0 Å². The topological polar surface area (TPSA) is 35.2 Å². The standard InChI is InChI=1S/C17H19Br2NO/c1-3-15(20)17(12-5-4-6-13(18)9-12)21-16-10-14(19)8-7-11(16)2/h4-10,15,17H,3,20H2,1-2H3. The monoisotopic (exact) mass is 411 g/mol. The van der Waals surface area contributed by atoms with Gasteiger partial charge in [0.25, 0.3) is 0 Å². The van der Waals surface area contributed by atoms with E-state index in [1.165, 1.54) is 0 Å². The minimum atomic E-state index is -0.166. The molecule has 0 aliphatic rings. The van der Waals surface area contributed by atoms with Crippen molar-refractivity contribution < 1.29 is 4.74 Å². The molecular weight excluding hydrogens is 394 g/mol. The van der Waals surface area contributed by atoms with E-state index in [1.807, 2.05) is 37.3 Å². The maximum Gasteiger partial charge on any atom is 0.139 e. The van der Waals surface area contributed by atoms with Gasteiger partial charge in [0.15, 0.2) is 0 Å². The molecule has 0 saturated heterocycles. The first-order chi connectivity index (χ1) is 10.0. The summed E-state index contributed by atoms with van der Waals surface area (Å²) >= 11 is 7.00. The molecule has 0 spiro atoms. The van der Waals surface area contributed by atoms with Gasteiger partial charge >= 0.3 is 0 Å². The summed E-state index contributed by atoms with van der Waals surface area (Å²) < 4.78 is 8.28. The van der Waals surface area contributed by atoms with Crippen LogP contribution in [0.2, 0.25) is 0 Å². The average molecular weight is 413 g/mol. The molecule has 4 heteroatoms. The lowest BCUT2D eigenvalue weighted by Crippen LogP contribution is -2.31. The Kier molecular flexibility index (Phi) is 5.85. The molecule has 2 unspecified atom stereocenters. The summed E-state index contributed by atoms with van der Waals surface area (Å²) in [5, 5.41) is 0. The second-order valence-electron chi connectivity index (χ2n) is 5.08. The predicted octanol–water partition coefficient (Wildman–Crippen LogP) is 5.38. The first-order valence-corrected chi connectivity index (χ1v) is 8.53. The first kappa shape index (κ1) is 16.5. The van der Waals surface area contributed by atoms with Crippen molar-refractivity contribution in [3.05, 3.63) is 62.5 Å². The lowest BCUT2D eigenvalue weighted by Gasteiger charge is -2.26. The molecule has 2 nitrogen and oxygen atoms in total. The zero-order chi connectivity index (χ0) is 15.4. The van der Waals surface area contributed by atoms with Crippen molar-refractivity contribution in [3.8, 4) is 5.75 Å². The van der Waals surface area contributed by atoms with E-state index >= 15 is 0 Å². The minimum Gasteiger partial charge on any atom is -0.484 e. The third-order valence-electron chi connectivity index (χ3n) is 3.44. The molecule has 0 aliphatic carbocycles. The van der Waals surface area contributed by atoms with Gasteiger partial charge in [-0.1, -0.05) is 57.0 Å². The number of hydrogen-bond donors (Lipinski definition) is 1. The smallest absolute Gasteiger partial charge is 0.139 e. The van der Waals surface area contributed by atoms with Crippen molar-refractivity contribution >= 4 is 31.9 Å². The van der Waals surface area contributed by atoms with E-state index in [2.05, 4.69) is 50.9 Å². The summed E-state index contributed by atoms with van der Waals surface area (Å²) in [5.41, 5.74) is 8.46. The number of nitrogens with two attached hydrogens (primary N) is 1. The third kappa shape index (κ3) is 4.31. The lowest BCUT2D eigenvalue weighted by atomic mass is 10.0. The van der Waals surface area contributed by atoms with Crippen LogP contribution in [0, 0.1) is 6.92 Å². The van der Waals surface area contributed by atoms with Crippen molar-refractivity contribution in [2.75, 3.05) is 0 Å². The van der Waals surface area contributed by atoms with E-state index in [0.717, 1.165) is 32.2 Å². The fourth-order valence-corrected chi connectivity index (χ4v) is 2.89. The molecule has 112 valence electrons. The maximum atomic E-state index is 6.28. The lowest BCUT2D eigenvalue weighted by molar-refractivity contribution is 0.169. The zero-order valence-electron chi connectivity index (χ0n) is 12.1. The van der Waals surface area contributed by atoms with Crippen LogP contribution in [-0.2, 0) is 0 Å². The van der Waals surface area contributed by atoms with E-state index in [-0.39, 0.29) is 12.1 Å².